The summed E-state index contributed by atoms with van der Waals surface area (Å²) in [6.07, 6.45) is 0. The van der Waals surface area contributed by atoms with Crippen molar-refractivity contribution in [3.63, 3.8) is 0 Å². The lowest BCUT2D eigenvalue weighted by molar-refractivity contribution is 0.0692. The topological polar surface area (TPSA) is 37.3 Å². The van der Waals surface area contributed by atoms with Gasteiger partial charge in [-0.05, 0) is 12.1 Å². The monoisotopic (exact) mass is 142 g/mol. The van der Waals surface area contributed by atoms with Crippen molar-refractivity contribution in [1.82, 2.24) is 0 Å². The Morgan fingerprint density at radius 1 is 1.80 bits per heavy atom. The molecule has 10 heavy (non-hydrogen) atoms. The fourth-order valence-corrected chi connectivity index (χ4v) is 0.534. The molecule has 2 nitrogen and oxygen atoms in total. The third-order valence-corrected chi connectivity index (χ3v) is 0.963. The number of carboxylic acid groups (broad SMARTS) is 1. The van der Waals surface area contributed by atoms with E-state index in [0.717, 1.165) is 12.1 Å². The molecular formula is C7H5FO2. The van der Waals surface area contributed by atoms with E-state index in [-0.39, 0.29) is 6.04 Å². The summed E-state index contributed by atoms with van der Waals surface area (Å²) in [7, 11) is 0. The molecule has 52 valence electrons. The van der Waals surface area contributed by atoms with Crippen molar-refractivity contribution in [3.8, 4) is 0 Å². The quantitative estimate of drug-likeness (QED) is 0.645. The molecule has 0 fully saturated rings. The maximum atomic E-state index is 12.7. The smallest absolute Gasteiger partial charge is 0.338 e. The van der Waals surface area contributed by atoms with Crippen LogP contribution >= 0.6 is 0 Å². The average Bonchev–Trinajstić information content (AvgIpc) is 1.82. The number of benzene rings is 1. The Morgan fingerprint density at radius 2 is 2.50 bits per heavy atom. The highest BCUT2D eigenvalue weighted by Crippen LogP contribution is 2.04. The maximum Gasteiger partial charge on any atom is 0.338 e. The van der Waals surface area contributed by atoms with Crippen LogP contribution in [0.2, 0.25) is 0 Å². The largest absolute Gasteiger partial charge is 0.478 e. The number of carbonyl (C=O) groups is 1. The van der Waals surface area contributed by atoms with E-state index in [9.17, 15) is 9.18 Å². The first-order chi connectivity index (χ1) is 5.52. The fraction of sp³-hybridized carbons (Fsp3) is 0. The Morgan fingerprint density at radius 3 is 3.00 bits per heavy atom. The molecule has 0 aliphatic carbocycles. The molecule has 0 amide bonds. The third kappa shape index (κ3) is 1.13. The van der Waals surface area contributed by atoms with Crippen LogP contribution in [0.4, 0.5) is 4.39 Å². The summed E-state index contributed by atoms with van der Waals surface area (Å²) in [5.74, 6) is -2.53. The van der Waals surface area contributed by atoms with Gasteiger partial charge in [-0.3, -0.25) is 0 Å². The number of rotatable bonds is 1. The first-order valence-electron chi connectivity index (χ1n) is 3.52. The summed E-state index contributed by atoms with van der Waals surface area (Å²) in [6.45, 7) is 0. The second-order valence-electron chi connectivity index (χ2n) is 1.63. The fourth-order valence-electron chi connectivity index (χ4n) is 0.534. The van der Waals surface area contributed by atoms with Crippen molar-refractivity contribution in [2.24, 2.45) is 0 Å². The number of carboxylic acids is 1. The molecule has 1 aromatic carbocycles. The van der Waals surface area contributed by atoms with Crippen LogP contribution in [0, 0.1) is 5.82 Å². The summed E-state index contributed by atoms with van der Waals surface area (Å²) in [5, 5.41) is 8.42. The molecule has 1 aromatic rings. The number of hydrogen-bond acceptors (Lipinski definition) is 1. The van der Waals surface area contributed by atoms with Gasteiger partial charge in [-0.15, -0.1) is 0 Å². The van der Waals surface area contributed by atoms with Crippen LogP contribution in [-0.2, 0) is 0 Å². The normalized spacial score (nSPS) is 12.1. The minimum Gasteiger partial charge on any atom is -0.478 e. The number of hydrogen-bond donors (Lipinski definition) is 1. The van der Waals surface area contributed by atoms with E-state index in [1.54, 1.807) is 0 Å². The highest BCUT2D eigenvalue weighted by molar-refractivity contribution is 5.87. The molecule has 3 heteroatoms. The standard InChI is InChI=1S/C7H5FO2/c8-6-4-2-1-3-5(6)7(9)10/h1-4H,(H,9,10)/i2D,3D. The Bertz CT molecular complexity index is 315. The summed E-state index contributed by atoms with van der Waals surface area (Å²) in [6, 6.07) is 1.06. The van der Waals surface area contributed by atoms with Crippen molar-refractivity contribution < 1.29 is 17.0 Å². The second-order valence-corrected chi connectivity index (χ2v) is 1.63. The predicted octanol–water partition coefficient (Wildman–Crippen LogP) is 1.52. The van der Waals surface area contributed by atoms with Gasteiger partial charge in [0.2, 0.25) is 0 Å². The molecule has 1 N–H and O–H groups in total. The van der Waals surface area contributed by atoms with E-state index in [4.69, 9.17) is 7.85 Å². The number of halogens is 1. The number of aromatic carboxylic acids is 1. The Balaban J connectivity index is 3.38. The van der Waals surface area contributed by atoms with Crippen molar-refractivity contribution in [2.45, 2.75) is 0 Å². The lowest BCUT2D eigenvalue weighted by Crippen LogP contribution is -1.98. The predicted molar refractivity (Wildman–Crippen MR) is 33.4 cm³/mol. The Kier molecular flexibility index (Phi) is 1.10. The lowest BCUT2D eigenvalue weighted by Gasteiger charge is -1.92. The average molecular weight is 142 g/mol. The molecule has 0 aliphatic heterocycles. The summed E-state index contributed by atoms with van der Waals surface area (Å²) < 4.78 is 26.7. The van der Waals surface area contributed by atoms with Crippen molar-refractivity contribution in [3.05, 3.63) is 35.6 Å². The van der Waals surface area contributed by atoms with E-state index in [2.05, 4.69) is 0 Å². The van der Waals surface area contributed by atoms with Crippen molar-refractivity contribution in [1.29, 1.82) is 0 Å². The van der Waals surface area contributed by atoms with Gasteiger partial charge in [-0.25, -0.2) is 9.18 Å². The Hall–Kier alpha value is -1.38. The van der Waals surface area contributed by atoms with E-state index in [1.807, 2.05) is 0 Å². The van der Waals surface area contributed by atoms with E-state index >= 15 is 0 Å². The molecule has 0 aliphatic rings. The van der Waals surface area contributed by atoms with Gasteiger partial charge in [0.25, 0.3) is 0 Å². The highest BCUT2D eigenvalue weighted by Gasteiger charge is 2.06. The van der Waals surface area contributed by atoms with Gasteiger partial charge in [0.15, 0.2) is 0 Å². The van der Waals surface area contributed by atoms with Gasteiger partial charge >= 0.3 is 5.97 Å². The van der Waals surface area contributed by atoms with Crippen LogP contribution in [0.1, 0.15) is 13.1 Å². The van der Waals surface area contributed by atoms with Gasteiger partial charge in [-0.2, -0.15) is 0 Å². The Labute approximate surface area is 59.7 Å². The lowest BCUT2D eigenvalue weighted by atomic mass is 10.2. The first kappa shape index (κ1) is 4.44. The maximum absolute atomic E-state index is 12.7. The van der Waals surface area contributed by atoms with Gasteiger partial charge < -0.3 is 5.11 Å². The SMILES string of the molecule is [2H]c1cc([2H])c(C(=O)O)c(F)c1. The van der Waals surface area contributed by atoms with Gasteiger partial charge in [0, 0.05) is 0 Å². The zero-order valence-corrected chi connectivity index (χ0v) is 4.89. The minimum atomic E-state index is -1.49. The minimum absolute atomic E-state index is 0.206. The molecule has 0 spiro atoms. The van der Waals surface area contributed by atoms with Crippen LogP contribution in [0.5, 0.6) is 0 Å². The summed E-state index contributed by atoms with van der Waals surface area (Å²) in [4.78, 5) is 10.3. The van der Waals surface area contributed by atoms with Crippen molar-refractivity contribution >= 4 is 5.97 Å². The molecule has 0 aromatic heterocycles. The zero-order valence-electron chi connectivity index (χ0n) is 6.89. The second kappa shape index (κ2) is 2.47. The van der Waals surface area contributed by atoms with Crippen LogP contribution in [0.3, 0.4) is 0 Å². The molecule has 0 bridgehead atoms. The third-order valence-electron chi connectivity index (χ3n) is 0.963. The van der Waals surface area contributed by atoms with Crippen LogP contribution < -0.4 is 0 Å². The van der Waals surface area contributed by atoms with E-state index in [1.165, 1.54) is 0 Å². The van der Waals surface area contributed by atoms with Crippen molar-refractivity contribution in [2.75, 3.05) is 0 Å². The van der Waals surface area contributed by atoms with Gasteiger partial charge in [-0.1, -0.05) is 12.1 Å². The molecule has 0 unspecified atom stereocenters. The molecule has 0 radical (unpaired) electrons. The molecular weight excluding hydrogens is 135 g/mol. The highest BCUT2D eigenvalue weighted by atomic mass is 19.1. The van der Waals surface area contributed by atoms with E-state index < -0.39 is 23.4 Å². The zero-order chi connectivity index (χ0) is 9.30. The molecule has 0 saturated heterocycles. The van der Waals surface area contributed by atoms with Gasteiger partial charge in [0.1, 0.15) is 5.82 Å². The van der Waals surface area contributed by atoms with Crippen LogP contribution in [0.15, 0.2) is 24.2 Å². The molecule has 0 saturated carbocycles. The van der Waals surface area contributed by atoms with Crippen LogP contribution in [-0.4, -0.2) is 11.1 Å². The van der Waals surface area contributed by atoms with E-state index in [0.29, 0.717) is 0 Å². The van der Waals surface area contributed by atoms with Crippen LogP contribution in [0.25, 0.3) is 0 Å². The van der Waals surface area contributed by atoms with Gasteiger partial charge in [0.05, 0.1) is 8.30 Å². The first-order valence-corrected chi connectivity index (χ1v) is 2.52. The molecule has 0 heterocycles. The molecule has 1 rings (SSSR count). The summed E-state index contributed by atoms with van der Waals surface area (Å²) in [5.41, 5.74) is -0.689. The molecule has 0 atom stereocenters. The summed E-state index contributed by atoms with van der Waals surface area (Å²) >= 11 is 0.